The van der Waals surface area contributed by atoms with Gasteiger partial charge in [0.25, 0.3) is 0 Å². The van der Waals surface area contributed by atoms with Crippen molar-refractivity contribution in [3.63, 3.8) is 0 Å². The molecule has 1 aliphatic carbocycles. The second-order valence-corrected chi connectivity index (χ2v) is 7.13. The molecular formula is C20H30N4O2. The Labute approximate surface area is 155 Å². The average molecular weight is 358 g/mol. The van der Waals surface area contributed by atoms with Crippen LogP contribution in [-0.4, -0.2) is 40.2 Å². The van der Waals surface area contributed by atoms with Gasteiger partial charge in [0.15, 0.2) is 5.65 Å². The second kappa shape index (κ2) is 9.67. The first kappa shape index (κ1) is 18.8. The minimum absolute atomic E-state index is 0.176. The van der Waals surface area contributed by atoms with Crippen LogP contribution < -0.4 is 5.32 Å². The number of aryl methyl sites for hydroxylation is 1. The van der Waals surface area contributed by atoms with Gasteiger partial charge in [0, 0.05) is 38.7 Å². The maximum Gasteiger partial charge on any atom is 0.220 e. The molecule has 1 N–H and O–H groups in total. The number of carbonyl (C=O) groups excluding carboxylic acids is 1. The molecule has 2 aromatic rings. The lowest BCUT2D eigenvalue weighted by Gasteiger charge is -2.16. The van der Waals surface area contributed by atoms with Crippen LogP contribution in [0.2, 0.25) is 0 Å². The van der Waals surface area contributed by atoms with Crippen molar-refractivity contribution < 1.29 is 9.53 Å². The molecule has 0 unspecified atom stereocenters. The topological polar surface area (TPSA) is 69.0 Å². The summed E-state index contributed by atoms with van der Waals surface area (Å²) in [7, 11) is 1.70. The van der Waals surface area contributed by atoms with Gasteiger partial charge in [0.05, 0.1) is 6.61 Å². The monoisotopic (exact) mass is 358 g/mol. The molecule has 2 aromatic heterocycles. The Morgan fingerprint density at radius 2 is 2.12 bits per heavy atom. The molecule has 6 heteroatoms. The molecule has 26 heavy (non-hydrogen) atoms. The summed E-state index contributed by atoms with van der Waals surface area (Å²) in [5.74, 6) is 1.16. The number of ether oxygens (including phenoxy) is 1. The molecule has 3 rings (SSSR count). The summed E-state index contributed by atoms with van der Waals surface area (Å²) < 4.78 is 7.33. The minimum atomic E-state index is 0.176. The van der Waals surface area contributed by atoms with E-state index in [1.165, 1.54) is 25.7 Å². The van der Waals surface area contributed by atoms with Crippen molar-refractivity contribution >= 4 is 17.1 Å². The van der Waals surface area contributed by atoms with Gasteiger partial charge in [-0.05, 0) is 31.4 Å². The largest absolute Gasteiger partial charge is 0.383 e. The third-order valence-electron chi connectivity index (χ3n) is 5.13. The van der Waals surface area contributed by atoms with Crippen LogP contribution in [0, 0.1) is 0 Å². The predicted molar refractivity (Wildman–Crippen MR) is 102 cm³/mol. The zero-order valence-electron chi connectivity index (χ0n) is 15.7. The number of pyridine rings is 1. The van der Waals surface area contributed by atoms with Crippen molar-refractivity contribution in [3.05, 3.63) is 24.2 Å². The number of amides is 1. The zero-order valence-corrected chi connectivity index (χ0v) is 15.7. The van der Waals surface area contributed by atoms with Crippen LogP contribution in [-0.2, 0) is 22.5 Å². The smallest absolute Gasteiger partial charge is 0.220 e. The fourth-order valence-corrected chi connectivity index (χ4v) is 3.74. The summed E-state index contributed by atoms with van der Waals surface area (Å²) in [6.07, 6.45) is 11.3. The van der Waals surface area contributed by atoms with Crippen molar-refractivity contribution in [1.29, 1.82) is 0 Å². The number of fused-ring (bicyclic) bond motifs is 1. The van der Waals surface area contributed by atoms with E-state index in [1.807, 2.05) is 12.1 Å². The fraction of sp³-hybridized carbons (Fsp3) is 0.650. The summed E-state index contributed by atoms with van der Waals surface area (Å²) in [5.41, 5.74) is 1.80. The third kappa shape index (κ3) is 5.04. The summed E-state index contributed by atoms with van der Waals surface area (Å²) >= 11 is 0. The van der Waals surface area contributed by atoms with E-state index in [-0.39, 0.29) is 5.91 Å². The molecular weight excluding hydrogens is 328 g/mol. The van der Waals surface area contributed by atoms with Gasteiger partial charge < -0.3 is 14.6 Å². The lowest BCUT2D eigenvalue weighted by molar-refractivity contribution is -0.122. The Morgan fingerprint density at radius 1 is 1.31 bits per heavy atom. The molecule has 2 heterocycles. The van der Waals surface area contributed by atoms with Gasteiger partial charge in [-0.2, -0.15) is 0 Å². The van der Waals surface area contributed by atoms with Gasteiger partial charge in [-0.25, -0.2) is 9.97 Å². The van der Waals surface area contributed by atoms with Gasteiger partial charge in [-0.3, -0.25) is 4.79 Å². The Balaban J connectivity index is 1.54. The van der Waals surface area contributed by atoms with E-state index < -0.39 is 0 Å². The summed E-state index contributed by atoms with van der Waals surface area (Å²) in [4.78, 5) is 21.4. The van der Waals surface area contributed by atoms with Crippen LogP contribution in [0.5, 0.6) is 0 Å². The van der Waals surface area contributed by atoms with E-state index in [0.29, 0.717) is 19.1 Å². The lowest BCUT2D eigenvalue weighted by Crippen LogP contribution is -2.34. The fourth-order valence-electron chi connectivity index (χ4n) is 3.74. The first-order valence-corrected chi connectivity index (χ1v) is 9.86. The zero-order chi connectivity index (χ0) is 18.2. The number of carbonyl (C=O) groups is 1. The van der Waals surface area contributed by atoms with Gasteiger partial charge >= 0.3 is 0 Å². The number of aromatic nitrogens is 3. The molecule has 0 spiro atoms. The number of hydrogen-bond acceptors (Lipinski definition) is 4. The molecule has 0 aromatic carbocycles. The number of hydrogen-bond donors (Lipinski definition) is 1. The maximum atomic E-state index is 12.3. The Bertz CT molecular complexity index is 705. The van der Waals surface area contributed by atoms with Gasteiger partial charge in [0.2, 0.25) is 5.91 Å². The van der Waals surface area contributed by atoms with Crippen LogP contribution in [0.4, 0.5) is 0 Å². The van der Waals surface area contributed by atoms with Crippen LogP contribution in [0.1, 0.15) is 57.2 Å². The van der Waals surface area contributed by atoms with Crippen molar-refractivity contribution in [2.45, 2.75) is 70.4 Å². The number of rotatable bonds is 8. The quantitative estimate of drug-likeness (QED) is 0.736. The third-order valence-corrected chi connectivity index (χ3v) is 5.13. The van der Waals surface area contributed by atoms with E-state index in [9.17, 15) is 4.79 Å². The van der Waals surface area contributed by atoms with Crippen LogP contribution >= 0.6 is 0 Å². The second-order valence-electron chi connectivity index (χ2n) is 7.13. The van der Waals surface area contributed by atoms with Gasteiger partial charge in [-0.15, -0.1) is 0 Å². The van der Waals surface area contributed by atoms with E-state index in [0.717, 1.165) is 49.2 Å². The Morgan fingerprint density at radius 3 is 2.88 bits per heavy atom. The Hall–Kier alpha value is -1.95. The van der Waals surface area contributed by atoms with E-state index in [4.69, 9.17) is 9.72 Å². The molecule has 1 aliphatic rings. The van der Waals surface area contributed by atoms with E-state index in [2.05, 4.69) is 14.9 Å². The summed E-state index contributed by atoms with van der Waals surface area (Å²) in [6, 6.07) is 4.26. The summed E-state index contributed by atoms with van der Waals surface area (Å²) in [6.45, 7) is 1.35. The molecule has 0 radical (unpaired) electrons. The van der Waals surface area contributed by atoms with Crippen LogP contribution in [0.25, 0.3) is 11.2 Å². The SMILES string of the molecule is COCCn1c(CCCC(=O)NC2CCCCCC2)nc2cccnc21. The molecule has 6 nitrogen and oxygen atoms in total. The highest BCUT2D eigenvalue weighted by Crippen LogP contribution is 2.18. The molecule has 1 saturated carbocycles. The molecule has 1 fully saturated rings. The normalized spacial score (nSPS) is 15.9. The maximum absolute atomic E-state index is 12.3. The number of imidazole rings is 1. The molecule has 0 atom stereocenters. The number of nitrogens with zero attached hydrogens (tertiary/aromatic N) is 3. The molecule has 142 valence electrons. The highest BCUT2D eigenvalue weighted by molar-refractivity contribution is 5.76. The number of nitrogens with one attached hydrogen (secondary N) is 1. The standard InChI is InChI=1S/C20H30N4O2/c1-26-15-14-24-18(23-17-10-7-13-21-20(17)24)11-6-12-19(25)22-16-8-4-2-3-5-9-16/h7,10,13,16H,2-6,8-9,11-12,14-15H2,1H3,(H,22,25). The molecule has 1 amide bonds. The predicted octanol–water partition coefficient (Wildman–Crippen LogP) is 3.24. The van der Waals surface area contributed by atoms with Crippen molar-refractivity contribution in [1.82, 2.24) is 19.9 Å². The average Bonchev–Trinajstić information content (AvgIpc) is 2.79. The first-order valence-electron chi connectivity index (χ1n) is 9.86. The van der Waals surface area contributed by atoms with E-state index in [1.54, 1.807) is 13.3 Å². The Kier molecular flexibility index (Phi) is 7.00. The molecule has 0 bridgehead atoms. The molecule has 0 saturated heterocycles. The summed E-state index contributed by atoms with van der Waals surface area (Å²) in [5, 5.41) is 3.22. The first-order chi connectivity index (χ1) is 12.8. The van der Waals surface area contributed by atoms with Gasteiger partial charge in [-0.1, -0.05) is 25.7 Å². The highest BCUT2D eigenvalue weighted by Gasteiger charge is 2.15. The molecule has 0 aliphatic heterocycles. The van der Waals surface area contributed by atoms with E-state index >= 15 is 0 Å². The van der Waals surface area contributed by atoms with Crippen molar-refractivity contribution in [3.8, 4) is 0 Å². The lowest BCUT2D eigenvalue weighted by atomic mass is 10.1. The highest BCUT2D eigenvalue weighted by atomic mass is 16.5. The minimum Gasteiger partial charge on any atom is -0.383 e. The van der Waals surface area contributed by atoms with Crippen LogP contribution in [0.15, 0.2) is 18.3 Å². The van der Waals surface area contributed by atoms with Crippen molar-refractivity contribution in [2.24, 2.45) is 0 Å². The number of methoxy groups -OCH3 is 1. The van der Waals surface area contributed by atoms with Gasteiger partial charge in [0.1, 0.15) is 11.3 Å². The van der Waals surface area contributed by atoms with Crippen LogP contribution in [0.3, 0.4) is 0 Å². The van der Waals surface area contributed by atoms with Crippen molar-refractivity contribution in [2.75, 3.05) is 13.7 Å².